The summed E-state index contributed by atoms with van der Waals surface area (Å²) in [6.45, 7) is 5.94. The normalized spacial score (nSPS) is 11.6. The van der Waals surface area contributed by atoms with Crippen molar-refractivity contribution in [2.45, 2.75) is 27.2 Å². The zero-order chi connectivity index (χ0) is 11.6. The fourth-order valence-electron chi connectivity index (χ4n) is 1.43. The van der Waals surface area contributed by atoms with Crippen LogP contribution in [0.3, 0.4) is 0 Å². The van der Waals surface area contributed by atoms with Crippen LogP contribution in [0, 0.1) is 17.0 Å². The van der Waals surface area contributed by atoms with Gasteiger partial charge < -0.3 is 4.74 Å². The van der Waals surface area contributed by atoms with Gasteiger partial charge in [-0.3, -0.25) is 0 Å². The Hall–Kier alpha value is -1.12. The maximum Gasteiger partial charge on any atom is 0.165 e. The van der Waals surface area contributed by atoms with Gasteiger partial charge in [0.25, 0.3) is 0 Å². The zero-order valence-corrected chi connectivity index (χ0v) is 9.53. The minimum atomic E-state index is -0.516. The van der Waals surface area contributed by atoms with Crippen molar-refractivity contribution in [1.82, 2.24) is 0 Å². The second-order valence-electron chi connectivity index (χ2n) is 4.82. The Morgan fingerprint density at radius 1 is 1.13 bits per heavy atom. The molecule has 1 nitrogen and oxygen atoms in total. The molecule has 0 aliphatic carbocycles. The fourth-order valence-corrected chi connectivity index (χ4v) is 1.43. The molecule has 0 aliphatic heterocycles. The van der Waals surface area contributed by atoms with Crippen LogP contribution >= 0.6 is 0 Å². The van der Waals surface area contributed by atoms with Crippen LogP contribution in [0.2, 0.25) is 0 Å². The summed E-state index contributed by atoms with van der Waals surface area (Å²) in [6, 6.07) is 2.30. The van der Waals surface area contributed by atoms with Crippen LogP contribution in [0.1, 0.15) is 26.3 Å². The summed E-state index contributed by atoms with van der Waals surface area (Å²) in [5.74, 6) is -0.980. The molecule has 0 aromatic heterocycles. The average Bonchev–Trinajstić information content (AvgIpc) is 2.08. The first kappa shape index (κ1) is 12.0. The highest BCUT2D eigenvalue weighted by Gasteiger charge is 2.17. The topological polar surface area (TPSA) is 9.23 Å². The lowest BCUT2D eigenvalue weighted by Gasteiger charge is -2.18. The summed E-state index contributed by atoms with van der Waals surface area (Å²) in [4.78, 5) is 0. The molecule has 1 aromatic rings. The molecule has 3 heteroatoms. The van der Waals surface area contributed by atoms with Crippen molar-refractivity contribution in [3.05, 3.63) is 29.3 Å². The second kappa shape index (κ2) is 4.17. The lowest BCUT2D eigenvalue weighted by atomic mass is 9.88. The van der Waals surface area contributed by atoms with Crippen molar-refractivity contribution in [1.29, 1.82) is 0 Å². The van der Waals surface area contributed by atoms with Crippen LogP contribution in [-0.2, 0) is 6.42 Å². The van der Waals surface area contributed by atoms with Crippen molar-refractivity contribution in [3.8, 4) is 5.75 Å². The van der Waals surface area contributed by atoms with Crippen LogP contribution in [0.5, 0.6) is 5.75 Å². The van der Waals surface area contributed by atoms with E-state index in [1.54, 1.807) is 0 Å². The minimum absolute atomic E-state index is 0.0508. The Kier molecular flexibility index (Phi) is 3.32. The quantitative estimate of drug-likeness (QED) is 0.731. The summed E-state index contributed by atoms with van der Waals surface area (Å²) in [5, 5.41) is 0. The monoisotopic (exact) mass is 214 g/mol. The van der Waals surface area contributed by atoms with Crippen LogP contribution in [0.15, 0.2) is 12.1 Å². The lowest BCUT2D eigenvalue weighted by molar-refractivity contribution is 0.374. The number of halogens is 2. The molecule has 0 heterocycles. The van der Waals surface area contributed by atoms with Gasteiger partial charge in [0.1, 0.15) is 5.82 Å². The van der Waals surface area contributed by atoms with Gasteiger partial charge in [0, 0.05) is 6.07 Å². The minimum Gasteiger partial charge on any atom is -0.494 e. The van der Waals surface area contributed by atoms with Crippen molar-refractivity contribution >= 4 is 0 Å². The average molecular weight is 214 g/mol. The molecule has 0 unspecified atom stereocenters. The first-order valence-corrected chi connectivity index (χ1v) is 4.85. The first-order valence-electron chi connectivity index (χ1n) is 4.85. The highest BCUT2D eigenvalue weighted by molar-refractivity contribution is 5.31. The third-order valence-electron chi connectivity index (χ3n) is 2.04. The Morgan fingerprint density at radius 3 is 2.20 bits per heavy atom. The van der Waals surface area contributed by atoms with Gasteiger partial charge in [-0.25, -0.2) is 8.78 Å². The van der Waals surface area contributed by atoms with E-state index in [9.17, 15) is 8.78 Å². The van der Waals surface area contributed by atoms with E-state index in [0.29, 0.717) is 12.0 Å². The SMILES string of the molecule is COc1cc(F)c(CC(C)(C)C)cc1F. The molecule has 0 saturated carbocycles. The molecule has 0 atom stereocenters. The highest BCUT2D eigenvalue weighted by atomic mass is 19.1. The van der Waals surface area contributed by atoms with Gasteiger partial charge >= 0.3 is 0 Å². The molecule has 84 valence electrons. The Labute approximate surface area is 89.1 Å². The number of hydrogen-bond donors (Lipinski definition) is 0. The fraction of sp³-hybridized carbons (Fsp3) is 0.500. The molecular formula is C12H16F2O. The third kappa shape index (κ3) is 3.18. The van der Waals surface area contributed by atoms with Gasteiger partial charge in [-0.15, -0.1) is 0 Å². The van der Waals surface area contributed by atoms with E-state index in [4.69, 9.17) is 4.74 Å². The predicted octanol–water partition coefficient (Wildman–Crippen LogP) is 3.56. The lowest BCUT2D eigenvalue weighted by Crippen LogP contribution is -2.11. The van der Waals surface area contributed by atoms with Gasteiger partial charge in [0.15, 0.2) is 11.6 Å². The Balaban J connectivity index is 3.05. The van der Waals surface area contributed by atoms with Crippen molar-refractivity contribution in [2.24, 2.45) is 5.41 Å². The molecule has 0 radical (unpaired) electrons. The molecule has 1 aromatic carbocycles. The number of rotatable bonds is 2. The van der Waals surface area contributed by atoms with Crippen molar-refractivity contribution in [3.63, 3.8) is 0 Å². The maximum absolute atomic E-state index is 13.5. The van der Waals surface area contributed by atoms with Crippen LogP contribution < -0.4 is 4.74 Å². The second-order valence-corrected chi connectivity index (χ2v) is 4.82. The smallest absolute Gasteiger partial charge is 0.165 e. The van der Waals surface area contributed by atoms with E-state index in [1.165, 1.54) is 13.2 Å². The Bertz CT molecular complexity index is 353. The molecule has 0 saturated heterocycles. The van der Waals surface area contributed by atoms with Gasteiger partial charge in [-0.2, -0.15) is 0 Å². The third-order valence-corrected chi connectivity index (χ3v) is 2.04. The van der Waals surface area contributed by atoms with Crippen molar-refractivity contribution in [2.75, 3.05) is 7.11 Å². The molecular weight excluding hydrogens is 198 g/mol. The maximum atomic E-state index is 13.5. The molecule has 0 N–H and O–H groups in total. The van der Waals surface area contributed by atoms with Crippen LogP contribution in [-0.4, -0.2) is 7.11 Å². The predicted molar refractivity (Wildman–Crippen MR) is 56.1 cm³/mol. The van der Waals surface area contributed by atoms with Gasteiger partial charge in [-0.05, 0) is 23.5 Å². The molecule has 0 amide bonds. The molecule has 0 spiro atoms. The van der Waals surface area contributed by atoms with Crippen LogP contribution in [0.4, 0.5) is 8.78 Å². The van der Waals surface area contributed by atoms with E-state index >= 15 is 0 Å². The largest absolute Gasteiger partial charge is 0.494 e. The molecule has 15 heavy (non-hydrogen) atoms. The Morgan fingerprint density at radius 2 is 1.73 bits per heavy atom. The van der Waals surface area contributed by atoms with E-state index < -0.39 is 11.6 Å². The summed E-state index contributed by atoms with van der Waals surface area (Å²) >= 11 is 0. The first-order chi connectivity index (χ1) is 6.83. The highest BCUT2D eigenvalue weighted by Crippen LogP contribution is 2.26. The molecule has 1 rings (SSSR count). The molecule has 0 aliphatic rings. The molecule has 0 bridgehead atoms. The number of hydrogen-bond acceptors (Lipinski definition) is 1. The summed E-state index contributed by atoms with van der Waals surface area (Å²) < 4.78 is 31.5. The van der Waals surface area contributed by atoms with Gasteiger partial charge in [0.05, 0.1) is 7.11 Å². The van der Waals surface area contributed by atoms with E-state index in [0.717, 1.165) is 6.07 Å². The summed E-state index contributed by atoms with van der Waals surface area (Å²) in [6.07, 6.45) is 0.500. The molecule has 0 fully saturated rings. The van der Waals surface area contributed by atoms with Gasteiger partial charge in [0.2, 0.25) is 0 Å². The summed E-state index contributed by atoms with van der Waals surface area (Å²) in [5.41, 5.74) is 0.322. The van der Waals surface area contributed by atoms with Crippen molar-refractivity contribution < 1.29 is 13.5 Å². The summed E-state index contributed by atoms with van der Waals surface area (Å²) in [7, 11) is 1.32. The standard InChI is InChI=1S/C12H16F2O/c1-12(2,3)7-8-5-10(14)11(15-4)6-9(8)13/h5-6H,7H2,1-4H3. The van der Waals surface area contributed by atoms with E-state index in [-0.39, 0.29) is 11.2 Å². The van der Waals surface area contributed by atoms with E-state index in [2.05, 4.69) is 0 Å². The number of ether oxygens (including phenoxy) is 1. The zero-order valence-electron chi connectivity index (χ0n) is 9.53. The van der Waals surface area contributed by atoms with Crippen LogP contribution in [0.25, 0.3) is 0 Å². The van der Waals surface area contributed by atoms with Gasteiger partial charge in [-0.1, -0.05) is 20.8 Å². The number of methoxy groups -OCH3 is 1. The van der Waals surface area contributed by atoms with E-state index in [1.807, 2.05) is 20.8 Å². The number of benzene rings is 1.